The summed E-state index contributed by atoms with van der Waals surface area (Å²) in [5.74, 6) is -0.0418. The van der Waals surface area contributed by atoms with Crippen LogP contribution in [-0.2, 0) is 6.54 Å². The van der Waals surface area contributed by atoms with Gasteiger partial charge in [-0.1, -0.05) is 48.5 Å². The van der Waals surface area contributed by atoms with Gasteiger partial charge in [0.05, 0.1) is 22.6 Å². The quantitative estimate of drug-likeness (QED) is 0.642. The molecule has 1 N–H and O–H groups in total. The summed E-state index contributed by atoms with van der Waals surface area (Å²) in [6.07, 6.45) is 0. The van der Waals surface area contributed by atoms with E-state index in [0.717, 1.165) is 56.3 Å². The topological polar surface area (TPSA) is 53.4 Å². The molecular weight excluding hydrogens is 386 g/mol. The minimum atomic E-state index is -0.0418. The summed E-state index contributed by atoms with van der Waals surface area (Å²) < 4.78 is 1.84. The monoisotopic (exact) mass is 417 g/mol. The lowest BCUT2D eigenvalue weighted by Gasteiger charge is -2.34. The fourth-order valence-electron chi connectivity index (χ4n) is 4.22. The van der Waals surface area contributed by atoms with Crippen molar-refractivity contribution in [2.45, 2.75) is 20.4 Å². The number of nitrogens with one attached hydrogen (secondary N) is 1. The molecule has 1 amide bonds. The molecule has 4 rings (SSSR count). The summed E-state index contributed by atoms with van der Waals surface area (Å²) in [5, 5.41) is 7.68. The van der Waals surface area contributed by atoms with Crippen molar-refractivity contribution in [3.8, 4) is 5.69 Å². The molecule has 0 atom stereocenters. The van der Waals surface area contributed by atoms with Crippen LogP contribution in [0.15, 0.2) is 60.7 Å². The summed E-state index contributed by atoms with van der Waals surface area (Å²) >= 11 is 0. The number of carbonyl (C=O) groups excluding carboxylic acids is 1. The molecule has 0 bridgehead atoms. The zero-order valence-electron chi connectivity index (χ0n) is 18.4. The van der Waals surface area contributed by atoms with Crippen molar-refractivity contribution in [2.75, 3.05) is 39.3 Å². The third kappa shape index (κ3) is 5.21. The molecule has 1 aromatic heterocycles. The molecule has 1 aliphatic heterocycles. The van der Waals surface area contributed by atoms with Gasteiger partial charge in [-0.15, -0.1) is 0 Å². The van der Waals surface area contributed by atoms with E-state index in [9.17, 15) is 4.79 Å². The average molecular weight is 418 g/mol. The Morgan fingerprint density at radius 1 is 0.903 bits per heavy atom. The van der Waals surface area contributed by atoms with Crippen LogP contribution in [-0.4, -0.2) is 64.8 Å². The molecule has 6 heteroatoms. The van der Waals surface area contributed by atoms with E-state index < -0.39 is 0 Å². The highest BCUT2D eigenvalue weighted by Gasteiger charge is 2.20. The Labute approximate surface area is 184 Å². The van der Waals surface area contributed by atoms with Crippen molar-refractivity contribution in [1.29, 1.82) is 0 Å². The van der Waals surface area contributed by atoms with Crippen LogP contribution < -0.4 is 5.32 Å². The molecule has 0 aliphatic carbocycles. The lowest BCUT2D eigenvalue weighted by Crippen LogP contribution is -2.48. The molecule has 2 aromatic carbocycles. The lowest BCUT2D eigenvalue weighted by atomic mass is 10.2. The fourth-order valence-corrected chi connectivity index (χ4v) is 4.22. The molecule has 2 heterocycles. The molecule has 0 radical (unpaired) electrons. The van der Waals surface area contributed by atoms with Gasteiger partial charge in [-0.3, -0.25) is 14.6 Å². The van der Waals surface area contributed by atoms with E-state index in [0.29, 0.717) is 12.1 Å². The van der Waals surface area contributed by atoms with Gasteiger partial charge in [0.2, 0.25) is 0 Å². The van der Waals surface area contributed by atoms with Crippen molar-refractivity contribution >= 4 is 5.91 Å². The molecule has 1 saturated heterocycles. The van der Waals surface area contributed by atoms with E-state index in [-0.39, 0.29) is 5.91 Å². The van der Waals surface area contributed by atoms with Gasteiger partial charge >= 0.3 is 0 Å². The highest BCUT2D eigenvalue weighted by atomic mass is 16.1. The predicted molar refractivity (Wildman–Crippen MR) is 124 cm³/mol. The van der Waals surface area contributed by atoms with Gasteiger partial charge in [0, 0.05) is 45.8 Å². The third-order valence-electron chi connectivity index (χ3n) is 5.95. The number of piperazine rings is 1. The van der Waals surface area contributed by atoms with Gasteiger partial charge in [0.25, 0.3) is 5.91 Å². The maximum Gasteiger partial charge on any atom is 0.255 e. The number of aryl methyl sites for hydroxylation is 1. The first-order valence-electron chi connectivity index (χ1n) is 11.0. The molecular formula is C25H31N5O. The molecule has 1 aliphatic rings. The largest absolute Gasteiger partial charge is 0.351 e. The normalized spacial score (nSPS) is 15.2. The highest BCUT2D eigenvalue weighted by Crippen LogP contribution is 2.17. The van der Waals surface area contributed by atoms with Crippen LogP contribution in [0.2, 0.25) is 0 Å². The van der Waals surface area contributed by atoms with Crippen LogP contribution in [0, 0.1) is 13.8 Å². The van der Waals surface area contributed by atoms with Crippen LogP contribution in [0.3, 0.4) is 0 Å². The number of rotatable bonds is 7. The number of hydrogen-bond acceptors (Lipinski definition) is 4. The number of nitrogens with zero attached hydrogens (tertiary/aromatic N) is 4. The fraction of sp³-hybridized carbons (Fsp3) is 0.360. The predicted octanol–water partition coefficient (Wildman–Crippen LogP) is 3.04. The van der Waals surface area contributed by atoms with Gasteiger partial charge < -0.3 is 5.32 Å². The van der Waals surface area contributed by atoms with E-state index in [1.54, 1.807) is 0 Å². The van der Waals surface area contributed by atoms with E-state index in [1.807, 2.05) is 48.9 Å². The number of benzene rings is 2. The Hall–Kier alpha value is -2.96. The van der Waals surface area contributed by atoms with E-state index in [4.69, 9.17) is 0 Å². The Morgan fingerprint density at radius 3 is 2.19 bits per heavy atom. The lowest BCUT2D eigenvalue weighted by molar-refractivity contribution is 0.0933. The Kier molecular flexibility index (Phi) is 6.79. The van der Waals surface area contributed by atoms with Crippen LogP contribution in [0.4, 0.5) is 0 Å². The number of carbonyl (C=O) groups is 1. The summed E-state index contributed by atoms with van der Waals surface area (Å²) in [6.45, 7) is 10.6. The summed E-state index contributed by atoms with van der Waals surface area (Å²) in [4.78, 5) is 17.8. The molecule has 0 unspecified atom stereocenters. The van der Waals surface area contributed by atoms with E-state index >= 15 is 0 Å². The summed E-state index contributed by atoms with van der Waals surface area (Å²) in [6, 6.07) is 20.6. The summed E-state index contributed by atoms with van der Waals surface area (Å²) in [5.41, 5.74) is 4.64. The standard InChI is InChI=1S/C25H31N5O/c1-20-24(21(2)30(27-20)23-11-7-4-8-12-23)25(31)26-13-14-28-15-17-29(18-16-28)19-22-9-5-3-6-10-22/h3-12H,13-19H2,1-2H3,(H,26,31). The second-order valence-electron chi connectivity index (χ2n) is 8.15. The number of hydrogen-bond donors (Lipinski definition) is 1. The van der Waals surface area contributed by atoms with Crippen LogP contribution in [0.5, 0.6) is 0 Å². The average Bonchev–Trinajstić information content (AvgIpc) is 3.10. The number of para-hydroxylation sites is 1. The van der Waals surface area contributed by atoms with Crippen molar-refractivity contribution in [2.24, 2.45) is 0 Å². The minimum absolute atomic E-state index is 0.0418. The maximum atomic E-state index is 12.8. The summed E-state index contributed by atoms with van der Waals surface area (Å²) in [7, 11) is 0. The highest BCUT2D eigenvalue weighted by molar-refractivity contribution is 5.96. The molecule has 6 nitrogen and oxygen atoms in total. The first-order chi connectivity index (χ1) is 15.1. The minimum Gasteiger partial charge on any atom is -0.351 e. The van der Waals surface area contributed by atoms with Gasteiger partial charge in [-0.05, 0) is 31.5 Å². The number of amides is 1. The molecule has 0 saturated carbocycles. The first-order valence-corrected chi connectivity index (χ1v) is 11.0. The third-order valence-corrected chi connectivity index (χ3v) is 5.95. The van der Waals surface area contributed by atoms with Crippen molar-refractivity contribution in [3.63, 3.8) is 0 Å². The van der Waals surface area contributed by atoms with Crippen molar-refractivity contribution in [1.82, 2.24) is 24.9 Å². The molecule has 31 heavy (non-hydrogen) atoms. The van der Waals surface area contributed by atoms with Gasteiger partial charge in [-0.2, -0.15) is 5.10 Å². The first kappa shape index (κ1) is 21.3. The molecule has 162 valence electrons. The molecule has 3 aromatic rings. The zero-order chi connectivity index (χ0) is 21.6. The smallest absolute Gasteiger partial charge is 0.255 e. The molecule has 0 spiro atoms. The van der Waals surface area contributed by atoms with E-state index in [2.05, 4.69) is 50.5 Å². The van der Waals surface area contributed by atoms with Gasteiger partial charge in [0.15, 0.2) is 0 Å². The Bertz CT molecular complexity index is 992. The van der Waals surface area contributed by atoms with Crippen molar-refractivity contribution in [3.05, 3.63) is 83.2 Å². The second kappa shape index (κ2) is 9.90. The Morgan fingerprint density at radius 2 is 1.52 bits per heavy atom. The Balaban J connectivity index is 1.25. The number of aromatic nitrogens is 2. The maximum absolute atomic E-state index is 12.8. The van der Waals surface area contributed by atoms with Gasteiger partial charge in [-0.25, -0.2) is 4.68 Å². The zero-order valence-corrected chi connectivity index (χ0v) is 18.4. The van der Waals surface area contributed by atoms with Gasteiger partial charge in [0.1, 0.15) is 0 Å². The van der Waals surface area contributed by atoms with Crippen LogP contribution in [0.25, 0.3) is 5.69 Å². The van der Waals surface area contributed by atoms with Crippen LogP contribution >= 0.6 is 0 Å². The van der Waals surface area contributed by atoms with Crippen molar-refractivity contribution < 1.29 is 4.79 Å². The van der Waals surface area contributed by atoms with Crippen LogP contribution in [0.1, 0.15) is 27.3 Å². The van der Waals surface area contributed by atoms with E-state index in [1.165, 1.54) is 5.56 Å². The molecule has 1 fully saturated rings. The SMILES string of the molecule is Cc1nn(-c2ccccc2)c(C)c1C(=O)NCCN1CCN(Cc2ccccc2)CC1. The second-order valence-corrected chi connectivity index (χ2v) is 8.15.